The fourth-order valence-corrected chi connectivity index (χ4v) is 5.68. The van der Waals surface area contributed by atoms with Gasteiger partial charge in [0.05, 0.1) is 28.9 Å². The van der Waals surface area contributed by atoms with E-state index in [2.05, 4.69) is 4.90 Å². The second-order valence-corrected chi connectivity index (χ2v) is 7.39. The van der Waals surface area contributed by atoms with Gasteiger partial charge in [0, 0.05) is 24.4 Å². The highest BCUT2D eigenvalue weighted by Crippen LogP contribution is 2.45. The van der Waals surface area contributed by atoms with Crippen molar-refractivity contribution >= 4 is 0 Å². The second-order valence-electron chi connectivity index (χ2n) is 7.39. The van der Waals surface area contributed by atoms with E-state index in [9.17, 15) is 0 Å². The Morgan fingerprint density at radius 1 is 1.22 bits per heavy atom. The maximum Gasteiger partial charge on any atom is 0.0929 e. The van der Waals surface area contributed by atoms with Gasteiger partial charge in [-0.05, 0) is 45.1 Å². The fourth-order valence-electron chi connectivity index (χ4n) is 5.68. The van der Waals surface area contributed by atoms with Gasteiger partial charge in [-0.3, -0.25) is 4.90 Å². The van der Waals surface area contributed by atoms with Crippen molar-refractivity contribution in [1.82, 2.24) is 4.90 Å². The van der Waals surface area contributed by atoms with Crippen LogP contribution in [0.2, 0.25) is 0 Å². The summed E-state index contributed by atoms with van der Waals surface area (Å²) in [5, 5.41) is 0. The zero-order valence-corrected chi connectivity index (χ0v) is 11.6. The molecule has 0 N–H and O–H groups in total. The highest BCUT2D eigenvalue weighted by atomic mass is 15.4. The van der Waals surface area contributed by atoms with Crippen LogP contribution in [0.25, 0.3) is 0 Å². The summed E-state index contributed by atoms with van der Waals surface area (Å²) in [5.41, 5.74) is 0. The van der Waals surface area contributed by atoms with Gasteiger partial charge >= 0.3 is 0 Å². The van der Waals surface area contributed by atoms with Crippen LogP contribution in [-0.2, 0) is 0 Å². The van der Waals surface area contributed by atoms with Gasteiger partial charge in [0.1, 0.15) is 0 Å². The lowest BCUT2D eigenvalue weighted by Gasteiger charge is -2.60. The SMILES string of the molecule is [2H][C@@H]([3H])[N+]12CCCC[C@@H]1[C@H]1C[C@@H](C2)[C@H]2CCCCN2C1. The molecule has 4 aliphatic heterocycles. The van der Waals surface area contributed by atoms with Gasteiger partial charge < -0.3 is 4.48 Å². The van der Waals surface area contributed by atoms with Crippen molar-refractivity contribution in [2.24, 2.45) is 11.8 Å². The van der Waals surface area contributed by atoms with E-state index >= 15 is 0 Å². The van der Waals surface area contributed by atoms with Crippen LogP contribution in [0.5, 0.6) is 0 Å². The Kier molecular flexibility index (Phi) is 2.28. The fraction of sp³-hybridized carbons (Fsp3) is 1.00. The van der Waals surface area contributed by atoms with E-state index in [0.717, 1.165) is 35.5 Å². The summed E-state index contributed by atoms with van der Waals surface area (Å²) in [6, 6.07) is 1.42. The maximum atomic E-state index is 8.22. The Balaban J connectivity index is 1.65. The second kappa shape index (κ2) is 4.21. The molecule has 4 aliphatic rings. The van der Waals surface area contributed by atoms with E-state index in [-0.39, 0.29) is 0 Å². The van der Waals surface area contributed by atoms with Crippen LogP contribution in [-0.4, -0.2) is 54.6 Å². The van der Waals surface area contributed by atoms with Crippen LogP contribution in [0.3, 0.4) is 0 Å². The summed E-state index contributed by atoms with van der Waals surface area (Å²) in [7, 11) is 0. The van der Waals surface area contributed by atoms with Crippen LogP contribution in [0, 0.1) is 11.8 Å². The third-order valence-electron chi connectivity index (χ3n) is 6.39. The molecule has 4 saturated heterocycles. The number of nitrogens with zero attached hydrogens (tertiary/aromatic N) is 2. The molecule has 1 unspecified atom stereocenters. The standard InChI is InChI=1S/C16H29N2/c1-18-9-5-3-7-16(18)13-10-14(12-18)15-6-2-4-8-17(15)11-13/h13-16H,2-12H2,1H3/q+1/t13-,14-,15+,16+,18?/m0/s1/i1TD/t1-,13-,14-,15+,16+,18?. The van der Waals surface area contributed by atoms with E-state index in [1.54, 1.807) is 0 Å². The predicted molar refractivity (Wildman–Crippen MR) is 74.4 cm³/mol. The number of fused-ring (bicyclic) bond motifs is 6. The Morgan fingerprint density at radius 3 is 3.11 bits per heavy atom. The minimum Gasteiger partial charge on any atom is -0.323 e. The lowest BCUT2D eigenvalue weighted by molar-refractivity contribution is -0.951. The molecular weight excluding hydrogens is 220 g/mol. The quantitative estimate of drug-likeness (QED) is 0.599. The lowest BCUT2D eigenvalue weighted by Crippen LogP contribution is -2.70. The summed E-state index contributed by atoms with van der Waals surface area (Å²) < 4.78 is 17.3. The number of quaternary nitrogens is 1. The Bertz CT molecular complexity index is 375. The van der Waals surface area contributed by atoms with E-state index in [4.69, 9.17) is 2.74 Å². The first kappa shape index (κ1) is 9.77. The van der Waals surface area contributed by atoms with Gasteiger partial charge in [-0.2, -0.15) is 0 Å². The highest BCUT2D eigenvalue weighted by Gasteiger charge is 2.53. The normalized spacial score (nSPS) is 55.8. The molecule has 2 heteroatoms. The molecule has 2 bridgehead atoms. The first-order chi connectivity index (χ1) is 9.71. The average molecular weight is 252 g/mol. The molecule has 102 valence electrons. The molecule has 0 aromatic rings. The van der Waals surface area contributed by atoms with Crippen LogP contribution >= 0.6 is 0 Å². The minimum absolute atomic E-state index is 0.628. The first-order valence-electron chi connectivity index (χ1n) is 9.31. The first-order valence-corrected chi connectivity index (χ1v) is 8.16. The molecule has 0 radical (unpaired) electrons. The maximum absolute atomic E-state index is 8.22. The zero-order valence-electron chi connectivity index (χ0n) is 13.6. The summed E-state index contributed by atoms with van der Waals surface area (Å²) in [4.78, 5) is 2.79. The summed E-state index contributed by atoms with van der Waals surface area (Å²) in [6.45, 7) is 4.19. The molecular formula is C16H29N2+. The monoisotopic (exact) mass is 252 g/mol. The van der Waals surface area contributed by atoms with E-state index in [1.165, 1.54) is 58.0 Å². The van der Waals surface area contributed by atoms with Crippen molar-refractivity contribution in [3.8, 4) is 0 Å². The molecule has 0 aliphatic carbocycles. The van der Waals surface area contributed by atoms with Crippen molar-refractivity contribution in [3.05, 3.63) is 0 Å². The summed E-state index contributed by atoms with van der Waals surface area (Å²) >= 11 is 0. The highest BCUT2D eigenvalue weighted by molar-refractivity contribution is 4.96. The van der Waals surface area contributed by atoms with Crippen LogP contribution in [0.1, 0.15) is 47.7 Å². The van der Waals surface area contributed by atoms with Crippen LogP contribution < -0.4 is 0 Å². The minimum atomic E-state index is -0.652. The molecule has 18 heavy (non-hydrogen) atoms. The van der Waals surface area contributed by atoms with Crippen molar-refractivity contribution in [2.45, 2.75) is 57.0 Å². The summed E-state index contributed by atoms with van der Waals surface area (Å²) in [6.07, 6.45) is 9.43. The van der Waals surface area contributed by atoms with E-state index in [1.807, 2.05) is 0 Å². The van der Waals surface area contributed by atoms with Crippen molar-refractivity contribution < 1.29 is 7.22 Å². The largest absolute Gasteiger partial charge is 0.323 e. The van der Waals surface area contributed by atoms with Crippen LogP contribution in [0.4, 0.5) is 0 Å². The van der Waals surface area contributed by atoms with Gasteiger partial charge in [-0.1, -0.05) is 6.42 Å². The average Bonchev–Trinajstić information content (AvgIpc) is 2.47. The van der Waals surface area contributed by atoms with Gasteiger partial charge in [-0.25, -0.2) is 0 Å². The zero-order chi connectivity index (χ0) is 13.7. The van der Waals surface area contributed by atoms with E-state index in [0.29, 0.717) is 6.04 Å². The van der Waals surface area contributed by atoms with E-state index < -0.39 is 7.00 Å². The molecule has 0 aromatic carbocycles. The molecule has 0 spiro atoms. The molecule has 4 heterocycles. The third-order valence-corrected chi connectivity index (χ3v) is 6.39. The number of rotatable bonds is 0. The predicted octanol–water partition coefficient (Wildman–Crippen LogP) is 2.49. The Morgan fingerprint density at radius 2 is 2.17 bits per heavy atom. The van der Waals surface area contributed by atoms with Crippen LogP contribution in [0.15, 0.2) is 0 Å². The smallest absolute Gasteiger partial charge is 0.0929 e. The third kappa shape index (κ3) is 1.68. The molecule has 6 atom stereocenters. The molecule has 0 aromatic heterocycles. The Labute approximate surface area is 115 Å². The van der Waals surface area contributed by atoms with Gasteiger partial charge in [0.2, 0.25) is 0 Å². The molecule has 0 amide bonds. The topological polar surface area (TPSA) is 3.24 Å². The van der Waals surface area contributed by atoms with Crippen molar-refractivity contribution in [1.29, 1.82) is 0 Å². The molecule has 4 rings (SSSR count). The summed E-state index contributed by atoms with van der Waals surface area (Å²) in [5.74, 6) is 1.56. The molecule has 0 saturated carbocycles. The van der Waals surface area contributed by atoms with Gasteiger partial charge in [0.15, 0.2) is 0 Å². The van der Waals surface area contributed by atoms with Gasteiger partial charge in [-0.15, -0.1) is 0 Å². The van der Waals surface area contributed by atoms with Crippen molar-refractivity contribution in [2.75, 3.05) is 33.2 Å². The Hall–Kier alpha value is -0.0800. The molecule has 4 fully saturated rings. The van der Waals surface area contributed by atoms with Crippen molar-refractivity contribution in [3.63, 3.8) is 0 Å². The lowest BCUT2D eigenvalue weighted by atomic mass is 9.70. The number of hydrogen-bond donors (Lipinski definition) is 0. The number of piperidine rings is 4. The molecule has 2 nitrogen and oxygen atoms in total. The number of hydrogen-bond acceptors (Lipinski definition) is 1. The van der Waals surface area contributed by atoms with Gasteiger partial charge in [0.25, 0.3) is 0 Å².